The molecule has 0 bridgehead atoms. The summed E-state index contributed by atoms with van der Waals surface area (Å²) < 4.78 is 7.65. The van der Waals surface area contributed by atoms with E-state index in [9.17, 15) is 9.59 Å². The van der Waals surface area contributed by atoms with Crippen LogP contribution in [0, 0.1) is 0 Å². The summed E-state index contributed by atoms with van der Waals surface area (Å²) in [6, 6.07) is 5.59. The number of nitrogen functional groups attached to an aromatic ring is 1. The van der Waals surface area contributed by atoms with Crippen molar-refractivity contribution in [3.63, 3.8) is 0 Å². The normalized spacial score (nSPS) is 20.4. The number of ether oxygens (including phenoxy) is 1. The summed E-state index contributed by atoms with van der Waals surface area (Å²) in [6.07, 6.45) is 5.75. The number of hydrogen-bond donors (Lipinski definition) is 2. The average Bonchev–Trinajstić information content (AvgIpc) is 3.22. The largest absolute Gasteiger partial charge is 0.398 e. The molecule has 6 nitrogen and oxygen atoms in total. The summed E-state index contributed by atoms with van der Waals surface area (Å²) >= 11 is 0. The van der Waals surface area contributed by atoms with Crippen LogP contribution < -0.4 is 16.5 Å². The van der Waals surface area contributed by atoms with E-state index in [1.807, 2.05) is 16.7 Å². The lowest BCUT2D eigenvalue weighted by molar-refractivity contribution is 0.0938. The van der Waals surface area contributed by atoms with E-state index in [4.69, 9.17) is 10.5 Å². The van der Waals surface area contributed by atoms with Crippen molar-refractivity contribution >= 4 is 22.5 Å². The summed E-state index contributed by atoms with van der Waals surface area (Å²) in [4.78, 5) is 25.3. The maximum absolute atomic E-state index is 12.8. The summed E-state index contributed by atoms with van der Waals surface area (Å²) in [5.74, 6) is -0.311. The Bertz CT molecular complexity index is 848. The van der Waals surface area contributed by atoms with Gasteiger partial charge >= 0.3 is 0 Å². The molecule has 0 spiro atoms. The van der Waals surface area contributed by atoms with Gasteiger partial charge in [-0.15, -0.1) is 0 Å². The lowest BCUT2D eigenvalue weighted by atomic mass is 10.1. The molecule has 126 valence electrons. The highest BCUT2D eigenvalue weighted by Crippen LogP contribution is 2.23. The zero-order chi connectivity index (χ0) is 16.7. The first-order chi connectivity index (χ1) is 11.6. The van der Waals surface area contributed by atoms with Gasteiger partial charge in [-0.1, -0.05) is 6.07 Å². The Labute approximate surface area is 139 Å². The molecular weight excluding hydrogens is 306 g/mol. The van der Waals surface area contributed by atoms with Crippen LogP contribution in [-0.2, 0) is 11.3 Å². The predicted octanol–water partition coefficient (Wildman–Crippen LogP) is 1.65. The summed E-state index contributed by atoms with van der Waals surface area (Å²) in [5.41, 5.74) is 7.05. The molecule has 3 N–H and O–H groups in total. The van der Waals surface area contributed by atoms with Crippen molar-refractivity contribution in [3.05, 3.63) is 40.2 Å². The lowest BCUT2D eigenvalue weighted by Crippen LogP contribution is -2.32. The third kappa shape index (κ3) is 2.78. The zero-order valence-corrected chi connectivity index (χ0v) is 13.5. The molecule has 2 aromatic rings. The molecule has 1 atom stereocenters. The number of aromatic nitrogens is 1. The van der Waals surface area contributed by atoms with E-state index in [0.29, 0.717) is 17.6 Å². The highest BCUT2D eigenvalue weighted by molar-refractivity contribution is 6.00. The van der Waals surface area contributed by atoms with Crippen LogP contribution in [0.15, 0.2) is 29.2 Å². The van der Waals surface area contributed by atoms with Gasteiger partial charge in [0.05, 0.1) is 17.0 Å². The molecule has 1 unspecified atom stereocenters. The van der Waals surface area contributed by atoms with Gasteiger partial charge in [-0.3, -0.25) is 9.59 Å². The van der Waals surface area contributed by atoms with Crippen molar-refractivity contribution in [1.82, 2.24) is 9.88 Å². The first-order valence-electron chi connectivity index (χ1n) is 8.47. The SMILES string of the molecule is Nc1cccc2c1c(=O)c(C(=O)NC1CC1)cn2CC1CCCO1. The molecule has 2 fully saturated rings. The van der Waals surface area contributed by atoms with Crippen molar-refractivity contribution in [2.24, 2.45) is 0 Å². The summed E-state index contributed by atoms with van der Waals surface area (Å²) in [5, 5.41) is 3.31. The van der Waals surface area contributed by atoms with Gasteiger partial charge in [-0.25, -0.2) is 0 Å². The monoisotopic (exact) mass is 327 g/mol. The molecule has 4 rings (SSSR count). The molecule has 0 radical (unpaired) electrons. The van der Waals surface area contributed by atoms with E-state index >= 15 is 0 Å². The molecule has 2 aliphatic rings. The standard InChI is InChI=1S/C18H21N3O3/c19-14-4-1-5-15-16(14)17(22)13(18(23)20-11-6-7-11)10-21(15)9-12-3-2-8-24-12/h1,4-5,10-12H,2-3,6-9,19H2,(H,20,23). The number of hydrogen-bond acceptors (Lipinski definition) is 4. The topological polar surface area (TPSA) is 86.4 Å². The lowest BCUT2D eigenvalue weighted by Gasteiger charge is -2.17. The maximum Gasteiger partial charge on any atom is 0.256 e. The van der Waals surface area contributed by atoms with Crippen LogP contribution in [0.3, 0.4) is 0 Å². The fourth-order valence-corrected chi connectivity index (χ4v) is 3.27. The van der Waals surface area contributed by atoms with Crippen LogP contribution in [0.5, 0.6) is 0 Å². The second kappa shape index (κ2) is 5.94. The van der Waals surface area contributed by atoms with Crippen molar-refractivity contribution in [1.29, 1.82) is 0 Å². The quantitative estimate of drug-likeness (QED) is 0.836. The number of pyridine rings is 1. The number of nitrogens with zero attached hydrogens (tertiary/aromatic N) is 1. The Kier molecular flexibility index (Phi) is 3.76. The first kappa shape index (κ1) is 15.2. The minimum atomic E-state index is -0.311. The van der Waals surface area contributed by atoms with Gasteiger partial charge < -0.3 is 20.4 Å². The van der Waals surface area contributed by atoms with Crippen molar-refractivity contribution in [2.45, 2.75) is 44.4 Å². The smallest absolute Gasteiger partial charge is 0.256 e. The van der Waals surface area contributed by atoms with Gasteiger partial charge in [0.1, 0.15) is 5.56 Å². The minimum Gasteiger partial charge on any atom is -0.398 e. The van der Waals surface area contributed by atoms with Crippen molar-refractivity contribution in [2.75, 3.05) is 12.3 Å². The van der Waals surface area contributed by atoms with Gasteiger partial charge in [0.2, 0.25) is 5.43 Å². The van der Waals surface area contributed by atoms with Crippen LogP contribution >= 0.6 is 0 Å². The van der Waals surface area contributed by atoms with E-state index in [0.717, 1.165) is 37.8 Å². The van der Waals surface area contributed by atoms with E-state index in [1.165, 1.54) is 0 Å². The van der Waals surface area contributed by atoms with Crippen molar-refractivity contribution in [3.8, 4) is 0 Å². The van der Waals surface area contributed by atoms with Gasteiger partial charge in [0, 0.05) is 31.1 Å². The highest BCUT2D eigenvalue weighted by Gasteiger charge is 2.26. The maximum atomic E-state index is 12.8. The van der Waals surface area contributed by atoms with Crippen LogP contribution in [-0.4, -0.2) is 29.2 Å². The number of nitrogens with two attached hydrogens (primary N) is 1. The Morgan fingerprint density at radius 1 is 1.33 bits per heavy atom. The first-order valence-corrected chi connectivity index (χ1v) is 8.47. The van der Waals surface area contributed by atoms with Gasteiger partial charge in [-0.05, 0) is 37.8 Å². The average molecular weight is 327 g/mol. The molecule has 24 heavy (non-hydrogen) atoms. The molecule has 1 saturated carbocycles. The number of amides is 1. The Morgan fingerprint density at radius 3 is 2.88 bits per heavy atom. The Balaban J connectivity index is 1.82. The molecule has 1 aromatic carbocycles. The highest BCUT2D eigenvalue weighted by atomic mass is 16.5. The zero-order valence-electron chi connectivity index (χ0n) is 13.5. The number of fused-ring (bicyclic) bond motifs is 1. The van der Waals surface area contributed by atoms with Crippen LogP contribution in [0.25, 0.3) is 10.9 Å². The van der Waals surface area contributed by atoms with Gasteiger partial charge in [0.15, 0.2) is 0 Å². The second-order valence-corrected chi connectivity index (χ2v) is 6.65. The molecular formula is C18H21N3O3. The van der Waals surface area contributed by atoms with E-state index in [2.05, 4.69) is 5.32 Å². The molecule has 1 amide bonds. The number of rotatable bonds is 4. The third-order valence-electron chi connectivity index (χ3n) is 4.72. The van der Waals surface area contributed by atoms with Crippen LogP contribution in [0.1, 0.15) is 36.0 Å². The molecule has 1 aliphatic heterocycles. The van der Waals surface area contributed by atoms with E-state index < -0.39 is 0 Å². The Morgan fingerprint density at radius 2 is 2.17 bits per heavy atom. The molecule has 2 heterocycles. The van der Waals surface area contributed by atoms with Crippen LogP contribution in [0.4, 0.5) is 5.69 Å². The fraction of sp³-hybridized carbons (Fsp3) is 0.444. The number of benzene rings is 1. The van der Waals surface area contributed by atoms with Crippen molar-refractivity contribution < 1.29 is 9.53 Å². The van der Waals surface area contributed by atoms with Crippen LogP contribution in [0.2, 0.25) is 0 Å². The number of carbonyl (C=O) groups excluding carboxylic acids is 1. The molecule has 6 heteroatoms. The number of anilines is 1. The summed E-state index contributed by atoms with van der Waals surface area (Å²) in [6.45, 7) is 1.38. The minimum absolute atomic E-state index is 0.108. The fourth-order valence-electron chi connectivity index (χ4n) is 3.27. The number of carbonyl (C=O) groups is 1. The second-order valence-electron chi connectivity index (χ2n) is 6.65. The predicted molar refractivity (Wildman–Crippen MR) is 92.1 cm³/mol. The molecule has 1 aromatic heterocycles. The van der Waals surface area contributed by atoms with Gasteiger partial charge in [-0.2, -0.15) is 0 Å². The number of nitrogens with one attached hydrogen (secondary N) is 1. The van der Waals surface area contributed by atoms with E-state index in [-0.39, 0.29) is 29.0 Å². The summed E-state index contributed by atoms with van der Waals surface area (Å²) in [7, 11) is 0. The molecule has 1 saturated heterocycles. The third-order valence-corrected chi connectivity index (χ3v) is 4.72. The Hall–Kier alpha value is -2.34. The van der Waals surface area contributed by atoms with E-state index in [1.54, 1.807) is 12.3 Å². The van der Waals surface area contributed by atoms with Gasteiger partial charge in [0.25, 0.3) is 5.91 Å². The molecule has 1 aliphatic carbocycles.